The van der Waals surface area contributed by atoms with Crippen molar-refractivity contribution in [2.24, 2.45) is 0 Å². The number of hydrogen-bond acceptors (Lipinski definition) is 2. The molecule has 0 N–H and O–H groups in total. The van der Waals surface area contributed by atoms with E-state index in [1.165, 1.54) is 6.92 Å². The Hall–Kier alpha value is -1.49. The highest BCUT2D eigenvalue weighted by molar-refractivity contribution is 5.66. The molecular weight excluding hydrogens is 176 g/mol. The summed E-state index contributed by atoms with van der Waals surface area (Å²) in [7, 11) is 0. The molecule has 0 heterocycles. The number of esters is 1. The van der Waals surface area contributed by atoms with Gasteiger partial charge in [0.2, 0.25) is 0 Å². The van der Waals surface area contributed by atoms with Crippen molar-refractivity contribution >= 4 is 5.97 Å². The Bertz CT molecular complexity index is 305. The van der Waals surface area contributed by atoms with Gasteiger partial charge in [0.05, 0.1) is 0 Å². The number of terminal acetylenes is 1. The Morgan fingerprint density at radius 2 is 2.57 bits per heavy atom. The molecule has 0 aromatic rings. The lowest BCUT2D eigenvalue weighted by Crippen LogP contribution is -2.20. The molecule has 74 valence electrons. The van der Waals surface area contributed by atoms with Gasteiger partial charge in [0.15, 0.2) is 0 Å². The zero-order chi connectivity index (χ0) is 10.4. The maximum absolute atomic E-state index is 10.8. The van der Waals surface area contributed by atoms with E-state index in [2.05, 4.69) is 12.0 Å². The SMILES string of the molecule is C#CC=CC1=CCCCC1OC(C)=O. The molecule has 1 atom stereocenters. The lowest BCUT2D eigenvalue weighted by Gasteiger charge is -2.21. The summed E-state index contributed by atoms with van der Waals surface area (Å²) in [6.45, 7) is 1.43. The summed E-state index contributed by atoms with van der Waals surface area (Å²) in [6, 6.07) is 0. The Kier molecular flexibility index (Phi) is 4.00. The van der Waals surface area contributed by atoms with Crippen LogP contribution in [0.25, 0.3) is 0 Å². The van der Waals surface area contributed by atoms with Gasteiger partial charge < -0.3 is 4.74 Å². The zero-order valence-electron chi connectivity index (χ0n) is 8.32. The third-order valence-corrected chi connectivity index (χ3v) is 2.10. The van der Waals surface area contributed by atoms with E-state index < -0.39 is 0 Å². The van der Waals surface area contributed by atoms with Gasteiger partial charge in [0.1, 0.15) is 6.10 Å². The molecule has 0 amide bonds. The van der Waals surface area contributed by atoms with E-state index in [0.29, 0.717) is 0 Å². The third-order valence-electron chi connectivity index (χ3n) is 2.10. The van der Waals surface area contributed by atoms with E-state index in [4.69, 9.17) is 11.2 Å². The quantitative estimate of drug-likeness (QED) is 0.493. The second kappa shape index (κ2) is 5.29. The summed E-state index contributed by atoms with van der Waals surface area (Å²) in [4.78, 5) is 10.8. The molecule has 0 aromatic heterocycles. The summed E-state index contributed by atoms with van der Waals surface area (Å²) >= 11 is 0. The van der Waals surface area contributed by atoms with Crippen molar-refractivity contribution in [3.63, 3.8) is 0 Å². The van der Waals surface area contributed by atoms with Crippen LogP contribution < -0.4 is 0 Å². The van der Waals surface area contributed by atoms with E-state index in [9.17, 15) is 4.79 Å². The van der Waals surface area contributed by atoms with E-state index in [1.54, 1.807) is 6.08 Å². The Morgan fingerprint density at radius 3 is 3.21 bits per heavy atom. The van der Waals surface area contributed by atoms with Gasteiger partial charge in [-0.15, -0.1) is 6.42 Å². The van der Waals surface area contributed by atoms with Crippen molar-refractivity contribution in [3.05, 3.63) is 23.8 Å². The van der Waals surface area contributed by atoms with E-state index in [-0.39, 0.29) is 12.1 Å². The van der Waals surface area contributed by atoms with Crippen LogP contribution in [0.15, 0.2) is 23.8 Å². The molecule has 0 fully saturated rings. The van der Waals surface area contributed by atoms with Crippen LogP contribution in [0, 0.1) is 12.3 Å². The number of ether oxygens (including phenoxy) is 1. The van der Waals surface area contributed by atoms with Gasteiger partial charge in [0.25, 0.3) is 0 Å². The van der Waals surface area contributed by atoms with E-state index in [0.717, 1.165) is 24.8 Å². The second-order valence-corrected chi connectivity index (χ2v) is 3.23. The van der Waals surface area contributed by atoms with Gasteiger partial charge in [-0.05, 0) is 37.0 Å². The predicted molar refractivity (Wildman–Crippen MR) is 55.5 cm³/mol. The highest BCUT2D eigenvalue weighted by atomic mass is 16.5. The molecule has 1 aliphatic carbocycles. The summed E-state index contributed by atoms with van der Waals surface area (Å²) in [5.74, 6) is 2.19. The summed E-state index contributed by atoms with van der Waals surface area (Å²) in [5, 5.41) is 0. The first-order chi connectivity index (χ1) is 6.74. The predicted octanol–water partition coefficient (Wildman–Crippen LogP) is 2.22. The van der Waals surface area contributed by atoms with Gasteiger partial charge in [-0.1, -0.05) is 12.0 Å². The fourth-order valence-electron chi connectivity index (χ4n) is 1.52. The minimum absolute atomic E-state index is 0.106. The number of carbonyl (C=O) groups is 1. The number of carbonyl (C=O) groups excluding carboxylic acids is 1. The van der Waals surface area contributed by atoms with Crippen LogP contribution in [0.3, 0.4) is 0 Å². The second-order valence-electron chi connectivity index (χ2n) is 3.23. The van der Waals surface area contributed by atoms with Gasteiger partial charge >= 0.3 is 5.97 Å². The molecule has 1 rings (SSSR count). The third kappa shape index (κ3) is 3.10. The first-order valence-corrected chi connectivity index (χ1v) is 4.74. The molecule has 0 spiro atoms. The first kappa shape index (κ1) is 10.6. The molecule has 14 heavy (non-hydrogen) atoms. The average Bonchev–Trinajstić information content (AvgIpc) is 2.16. The maximum atomic E-state index is 10.8. The maximum Gasteiger partial charge on any atom is 0.303 e. The number of rotatable bonds is 2. The Morgan fingerprint density at radius 1 is 1.79 bits per heavy atom. The lowest BCUT2D eigenvalue weighted by molar-refractivity contribution is -0.144. The molecule has 1 aliphatic rings. The summed E-state index contributed by atoms with van der Waals surface area (Å²) in [5.41, 5.74) is 1.02. The zero-order valence-corrected chi connectivity index (χ0v) is 8.32. The molecule has 0 radical (unpaired) electrons. The van der Waals surface area contributed by atoms with Crippen LogP contribution in [0.5, 0.6) is 0 Å². The average molecular weight is 190 g/mol. The molecule has 2 nitrogen and oxygen atoms in total. The highest BCUT2D eigenvalue weighted by Crippen LogP contribution is 2.22. The standard InChI is InChI=1S/C12H14O2/c1-3-4-7-11-8-5-6-9-12(11)14-10(2)13/h1,4,7-8,12H,5-6,9H2,2H3. The molecule has 0 bridgehead atoms. The molecular formula is C12H14O2. The van der Waals surface area contributed by atoms with Crippen molar-refractivity contribution in [2.45, 2.75) is 32.3 Å². The Balaban J connectivity index is 2.68. The molecule has 2 heteroatoms. The van der Waals surface area contributed by atoms with Gasteiger partial charge in [-0.3, -0.25) is 4.79 Å². The van der Waals surface area contributed by atoms with Crippen LogP contribution in [-0.2, 0) is 9.53 Å². The minimum atomic E-state index is -0.239. The molecule has 1 unspecified atom stereocenters. The number of allylic oxidation sites excluding steroid dienone is 2. The van der Waals surface area contributed by atoms with Crippen LogP contribution >= 0.6 is 0 Å². The molecule has 0 aromatic carbocycles. The summed E-state index contributed by atoms with van der Waals surface area (Å²) in [6.07, 6.45) is 13.5. The van der Waals surface area contributed by atoms with E-state index >= 15 is 0 Å². The van der Waals surface area contributed by atoms with Crippen molar-refractivity contribution in [3.8, 4) is 12.3 Å². The molecule has 0 saturated heterocycles. The largest absolute Gasteiger partial charge is 0.458 e. The lowest BCUT2D eigenvalue weighted by atomic mass is 9.96. The van der Waals surface area contributed by atoms with E-state index in [1.807, 2.05) is 6.08 Å². The minimum Gasteiger partial charge on any atom is -0.458 e. The van der Waals surface area contributed by atoms with Crippen molar-refractivity contribution < 1.29 is 9.53 Å². The first-order valence-electron chi connectivity index (χ1n) is 4.74. The topological polar surface area (TPSA) is 26.3 Å². The summed E-state index contributed by atoms with van der Waals surface area (Å²) < 4.78 is 5.17. The van der Waals surface area contributed by atoms with Crippen LogP contribution in [0.2, 0.25) is 0 Å². The van der Waals surface area contributed by atoms with Gasteiger partial charge in [0, 0.05) is 6.92 Å². The monoisotopic (exact) mass is 190 g/mol. The van der Waals surface area contributed by atoms with Crippen LogP contribution in [0.4, 0.5) is 0 Å². The highest BCUT2D eigenvalue weighted by Gasteiger charge is 2.17. The fourth-order valence-corrected chi connectivity index (χ4v) is 1.52. The van der Waals surface area contributed by atoms with Crippen molar-refractivity contribution in [1.29, 1.82) is 0 Å². The fraction of sp³-hybridized carbons (Fsp3) is 0.417. The smallest absolute Gasteiger partial charge is 0.303 e. The van der Waals surface area contributed by atoms with Crippen LogP contribution in [-0.4, -0.2) is 12.1 Å². The molecule has 0 saturated carbocycles. The number of hydrogen-bond donors (Lipinski definition) is 0. The van der Waals surface area contributed by atoms with Crippen molar-refractivity contribution in [2.75, 3.05) is 0 Å². The van der Waals surface area contributed by atoms with Gasteiger partial charge in [-0.2, -0.15) is 0 Å². The molecule has 0 aliphatic heterocycles. The van der Waals surface area contributed by atoms with Crippen molar-refractivity contribution in [1.82, 2.24) is 0 Å². The normalized spacial score (nSPS) is 21.4. The Labute approximate surface area is 84.6 Å². The van der Waals surface area contributed by atoms with Crippen LogP contribution in [0.1, 0.15) is 26.2 Å². The van der Waals surface area contributed by atoms with Gasteiger partial charge in [-0.25, -0.2) is 0 Å².